The van der Waals surface area contributed by atoms with Gasteiger partial charge in [0.1, 0.15) is 13.2 Å². The van der Waals surface area contributed by atoms with Crippen molar-refractivity contribution < 1.29 is 28.6 Å². The van der Waals surface area contributed by atoms with Crippen molar-refractivity contribution in [2.24, 2.45) is 0 Å². The van der Waals surface area contributed by atoms with E-state index in [1.165, 1.54) is 180 Å². The average molecular weight is 994 g/mol. The lowest BCUT2D eigenvalue weighted by Gasteiger charge is -2.18. The summed E-state index contributed by atoms with van der Waals surface area (Å²) in [5.41, 5.74) is 0. The van der Waals surface area contributed by atoms with E-state index >= 15 is 0 Å². The van der Waals surface area contributed by atoms with E-state index in [-0.39, 0.29) is 31.1 Å². The van der Waals surface area contributed by atoms with Gasteiger partial charge in [-0.2, -0.15) is 0 Å². The highest BCUT2D eigenvalue weighted by Gasteiger charge is 2.19. The van der Waals surface area contributed by atoms with E-state index in [2.05, 4.69) is 81.5 Å². The summed E-state index contributed by atoms with van der Waals surface area (Å²) in [5.74, 6) is -0.864. The van der Waals surface area contributed by atoms with Crippen LogP contribution in [0.2, 0.25) is 0 Å². The fourth-order valence-electron chi connectivity index (χ4n) is 8.94. The summed E-state index contributed by atoms with van der Waals surface area (Å²) in [6.45, 7) is 6.54. The molecule has 0 aromatic heterocycles. The third-order valence-corrected chi connectivity index (χ3v) is 13.5. The van der Waals surface area contributed by atoms with Crippen molar-refractivity contribution in [1.82, 2.24) is 0 Å². The van der Waals surface area contributed by atoms with Crippen LogP contribution in [0.15, 0.2) is 60.8 Å². The largest absolute Gasteiger partial charge is 0.462 e. The highest BCUT2D eigenvalue weighted by Crippen LogP contribution is 2.17. The number of esters is 3. The molecule has 0 saturated carbocycles. The summed E-state index contributed by atoms with van der Waals surface area (Å²) < 4.78 is 16.9. The maximum Gasteiger partial charge on any atom is 0.306 e. The first kappa shape index (κ1) is 68.1. The van der Waals surface area contributed by atoms with E-state index in [0.29, 0.717) is 19.3 Å². The first-order chi connectivity index (χ1) is 35.0. The first-order valence-electron chi connectivity index (χ1n) is 30.8. The topological polar surface area (TPSA) is 78.9 Å². The molecule has 412 valence electrons. The maximum absolute atomic E-state index is 12.9. The third kappa shape index (κ3) is 57.9. The van der Waals surface area contributed by atoms with Crippen LogP contribution in [0.1, 0.15) is 316 Å². The summed E-state index contributed by atoms with van der Waals surface area (Å²) in [6, 6.07) is 0. The zero-order chi connectivity index (χ0) is 51.4. The molecule has 0 radical (unpaired) electrons. The van der Waals surface area contributed by atoms with E-state index in [4.69, 9.17) is 14.2 Å². The van der Waals surface area contributed by atoms with Crippen LogP contribution in [0, 0.1) is 0 Å². The normalized spacial score (nSPS) is 12.4. The van der Waals surface area contributed by atoms with Gasteiger partial charge in [-0.15, -0.1) is 0 Å². The van der Waals surface area contributed by atoms with E-state index in [1.807, 2.05) is 0 Å². The molecule has 0 N–H and O–H groups in total. The van der Waals surface area contributed by atoms with Crippen LogP contribution in [-0.4, -0.2) is 37.2 Å². The Balaban J connectivity index is 4.21. The van der Waals surface area contributed by atoms with Crippen LogP contribution in [-0.2, 0) is 28.6 Å². The molecule has 1 atom stereocenters. The summed E-state index contributed by atoms with van der Waals surface area (Å²) in [4.78, 5) is 38.1. The molecule has 0 bridgehead atoms. The lowest BCUT2D eigenvalue weighted by molar-refractivity contribution is -0.167. The molecular formula is C65H116O6. The quantitative estimate of drug-likeness (QED) is 0.0261. The lowest BCUT2D eigenvalue weighted by Crippen LogP contribution is -2.30. The van der Waals surface area contributed by atoms with E-state index in [9.17, 15) is 14.4 Å². The molecule has 0 aromatic carbocycles. The van der Waals surface area contributed by atoms with Crippen molar-refractivity contribution in [1.29, 1.82) is 0 Å². The Labute approximate surface area is 440 Å². The molecule has 0 aliphatic rings. The Bertz CT molecular complexity index is 1280. The van der Waals surface area contributed by atoms with Gasteiger partial charge in [0.15, 0.2) is 6.10 Å². The van der Waals surface area contributed by atoms with Gasteiger partial charge in [0.05, 0.1) is 0 Å². The second-order valence-electron chi connectivity index (χ2n) is 20.6. The van der Waals surface area contributed by atoms with Crippen molar-refractivity contribution in [3.8, 4) is 0 Å². The van der Waals surface area contributed by atoms with Crippen LogP contribution < -0.4 is 0 Å². The number of ether oxygens (including phenoxy) is 3. The highest BCUT2D eigenvalue weighted by atomic mass is 16.6. The maximum atomic E-state index is 12.9. The Morgan fingerprint density at radius 1 is 0.296 bits per heavy atom. The summed E-state index contributed by atoms with van der Waals surface area (Å²) >= 11 is 0. The second kappa shape index (κ2) is 59.7. The van der Waals surface area contributed by atoms with E-state index < -0.39 is 6.10 Å². The molecule has 0 spiro atoms. The van der Waals surface area contributed by atoms with Gasteiger partial charge in [-0.05, 0) is 64.2 Å². The molecule has 0 aliphatic carbocycles. The molecule has 6 nitrogen and oxygen atoms in total. The van der Waals surface area contributed by atoms with Crippen LogP contribution in [0.25, 0.3) is 0 Å². The van der Waals surface area contributed by atoms with Crippen molar-refractivity contribution in [2.75, 3.05) is 13.2 Å². The number of allylic oxidation sites excluding steroid dienone is 10. The summed E-state index contributed by atoms with van der Waals surface area (Å²) in [6.07, 6.45) is 75.1. The van der Waals surface area contributed by atoms with Gasteiger partial charge in [0, 0.05) is 19.3 Å². The Morgan fingerprint density at radius 3 is 0.859 bits per heavy atom. The number of rotatable bonds is 56. The van der Waals surface area contributed by atoms with Gasteiger partial charge < -0.3 is 14.2 Å². The minimum Gasteiger partial charge on any atom is -0.462 e. The van der Waals surface area contributed by atoms with Crippen molar-refractivity contribution in [2.45, 2.75) is 322 Å². The Kier molecular flexibility index (Phi) is 57.2. The smallest absolute Gasteiger partial charge is 0.306 e. The molecule has 0 amide bonds. The van der Waals surface area contributed by atoms with Gasteiger partial charge >= 0.3 is 17.9 Å². The fourth-order valence-corrected chi connectivity index (χ4v) is 8.94. The molecular weight excluding hydrogens is 877 g/mol. The van der Waals surface area contributed by atoms with Crippen LogP contribution >= 0.6 is 0 Å². The first-order valence-corrected chi connectivity index (χ1v) is 30.8. The molecule has 6 heteroatoms. The summed E-state index contributed by atoms with van der Waals surface area (Å²) in [7, 11) is 0. The monoisotopic (exact) mass is 993 g/mol. The molecule has 0 heterocycles. The molecule has 0 aromatic rings. The zero-order valence-corrected chi connectivity index (χ0v) is 47.2. The van der Waals surface area contributed by atoms with Crippen molar-refractivity contribution in [3.05, 3.63) is 60.8 Å². The van der Waals surface area contributed by atoms with Gasteiger partial charge in [-0.25, -0.2) is 0 Å². The van der Waals surface area contributed by atoms with Gasteiger partial charge in [0.25, 0.3) is 0 Å². The Hall–Kier alpha value is -2.89. The highest BCUT2D eigenvalue weighted by molar-refractivity contribution is 5.71. The third-order valence-electron chi connectivity index (χ3n) is 13.5. The molecule has 0 aliphatic heterocycles. The van der Waals surface area contributed by atoms with Crippen molar-refractivity contribution in [3.63, 3.8) is 0 Å². The number of hydrogen-bond donors (Lipinski definition) is 0. The predicted molar refractivity (Wildman–Crippen MR) is 307 cm³/mol. The number of hydrogen-bond acceptors (Lipinski definition) is 6. The van der Waals surface area contributed by atoms with Gasteiger partial charge in [0.2, 0.25) is 0 Å². The molecule has 0 fully saturated rings. The minimum absolute atomic E-state index is 0.0716. The lowest BCUT2D eigenvalue weighted by atomic mass is 10.0. The zero-order valence-electron chi connectivity index (χ0n) is 47.2. The number of carbonyl (C=O) groups excluding carboxylic acids is 3. The van der Waals surface area contributed by atoms with Crippen LogP contribution in [0.4, 0.5) is 0 Å². The van der Waals surface area contributed by atoms with Gasteiger partial charge in [-0.3, -0.25) is 14.4 Å². The number of carbonyl (C=O) groups is 3. The van der Waals surface area contributed by atoms with Crippen LogP contribution in [0.3, 0.4) is 0 Å². The SMILES string of the molecule is CC/C=C\C/C=C\C/C=C\C/C=C\C/C=C\CCCCCCCCCCCC(=O)OCC(COC(=O)CCCCCCCCCCC)OC(=O)CCCCCCCCCCCCCCCCCCCCC. The second-order valence-corrected chi connectivity index (χ2v) is 20.6. The molecule has 71 heavy (non-hydrogen) atoms. The molecule has 0 rings (SSSR count). The average Bonchev–Trinajstić information content (AvgIpc) is 3.37. The minimum atomic E-state index is -0.772. The Morgan fingerprint density at radius 2 is 0.549 bits per heavy atom. The van der Waals surface area contributed by atoms with E-state index in [1.54, 1.807) is 0 Å². The number of unbranched alkanes of at least 4 members (excludes halogenated alkanes) is 35. The fraction of sp³-hybridized carbons (Fsp3) is 0.800. The standard InChI is InChI=1S/C65H116O6/c1-4-7-10-13-16-19-21-23-25-27-29-30-31-32-33-34-36-37-39-41-43-46-49-52-55-58-64(67)70-61-62(60-69-63(66)57-54-51-48-45-18-15-12-9-6-3)71-65(68)59-56-53-50-47-44-42-40-38-35-28-26-24-22-20-17-14-11-8-5-2/h7,10,16,19,23,25,29-30,32-33,62H,4-6,8-9,11-15,17-18,20-22,24,26-28,31,34-61H2,1-3H3/b10-7-,19-16-,25-23-,30-29-,33-32-. The molecule has 0 saturated heterocycles. The van der Waals surface area contributed by atoms with Crippen molar-refractivity contribution >= 4 is 17.9 Å². The van der Waals surface area contributed by atoms with Crippen LogP contribution in [0.5, 0.6) is 0 Å². The summed E-state index contributed by atoms with van der Waals surface area (Å²) in [5, 5.41) is 0. The van der Waals surface area contributed by atoms with Gasteiger partial charge in [-0.1, -0.05) is 293 Å². The van der Waals surface area contributed by atoms with E-state index in [0.717, 1.165) is 96.3 Å². The predicted octanol–water partition coefficient (Wildman–Crippen LogP) is 20.8. The molecule has 1 unspecified atom stereocenters.